The first-order valence-electron chi connectivity index (χ1n) is 7.24. The van der Waals surface area contributed by atoms with E-state index in [1.165, 1.54) is 6.07 Å². The lowest BCUT2D eigenvalue weighted by molar-refractivity contribution is -0.384. The van der Waals surface area contributed by atoms with E-state index in [0.717, 1.165) is 5.56 Å². The summed E-state index contributed by atoms with van der Waals surface area (Å²) in [5.74, 6) is -0.578. The number of hydrogen-bond acceptors (Lipinski definition) is 7. The number of carboxylic acid groups (broad SMARTS) is 1. The molecule has 126 valence electrons. The Labute approximate surface area is 133 Å². The molecule has 1 aromatic rings. The Kier molecular flexibility index (Phi) is 5.45. The fraction of sp³-hybridized carbons (Fsp3) is 0.571. The normalized spacial score (nSPS) is 18.2. The van der Waals surface area contributed by atoms with Crippen LogP contribution in [0.2, 0.25) is 0 Å². The molecule has 0 radical (unpaired) electrons. The highest BCUT2D eigenvalue weighted by Crippen LogP contribution is 2.27. The number of pyridine rings is 1. The minimum Gasteiger partial charge on any atom is -0.480 e. The van der Waals surface area contributed by atoms with Crippen LogP contribution in [0.25, 0.3) is 0 Å². The molecule has 0 saturated carbocycles. The Hall–Kier alpha value is -2.26. The molecule has 9 heteroatoms. The zero-order valence-corrected chi connectivity index (χ0v) is 13.1. The standard InChI is InChI=1S/C14H20N4O5/c1-10-5-12(18(21)22)14(15-6-10)17-3-4-23-11(8-17)7-16(2)9-13(19)20/h5-6,11H,3-4,7-9H2,1-2H3,(H,19,20). The molecule has 1 unspecified atom stereocenters. The maximum absolute atomic E-state index is 11.2. The van der Waals surface area contributed by atoms with Gasteiger partial charge in [0.25, 0.3) is 0 Å². The number of carboxylic acids is 1. The number of ether oxygens (including phenoxy) is 1. The Morgan fingerprint density at radius 1 is 1.65 bits per heavy atom. The smallest absolute Gasteiger partial charge is 0.317 e. The summed E-state index contributed by atoms with van der Waals surface area (Å²) >= 11 is 0. The third kappa shape index (κ3) is 4.60. The van der Waals surface area contributed by atoms with Crippen LogP contribution in [-0.2, 0) is 9.53 Å². The first-order chi connectivity index (χ1) is 10.9. The average Bonchev–Trinajstić information content (AvgIpc) is 2.46. The van der Waals surface area contributed by atoms with Crippen LogP contribution in [0.5, 0.6) is 0 Å². The summed E-state index contributed by atoms with van der Waals surface area (Å²) in [6.07, 6.45) is 1.37. The van der Waals surface area contributed by atoms with Crippen LogP contribution in [0.3, 0.4) is 0 Å². The number of likely N-dealkylation sites (N-methyl/N-ethyl adjacent to an activating group) is 1. The second-order valence-corrected chi connectivity index (χ2v) is 5.64. The zero-order valence-electron chi connectivity index (χ0n) is 13.1. The molecule has 1 atom stereocenters. The summed E-state index contributed by atoms with van der Waals surface area (Å²) in [5.41, 5.74) is 0.705. The van der Waals surface area contributed by atoms with Gasteiger partial charge in [-0.25, -0.2) is 4.98 Å². The van der Waals surface area contributed by atoms with Crippen molar-refractivity contribution in [3.05, 3.63) is 27.9 Å². The van der Waals surface area contributed by atoms with Gasteiger partial charge in [-0.1, -0.05) is 0 Å². The first kappa shape index (κ1) is 17.1. The highest BCUT2D eigenvalue weighted by Gasteiger charge is 2.28. The molecule has 0 bridgehead atoms. The van der Waals surface area contributed by atoms with Gasteiger partial charge in [-0.05, 0) is 19.5 Å². The molecular weight excluding hydrogens is 304 g/mol. The molecule has 1 aromatic heterocycles. The van der Waals surface area contributed by atoms with Crippen molar-refractivity contribution in [3.63, 3.8) is 0 Å². The molecular formula is C14H20N4O5. The minimum atomic E-state index is -0.906. The lowest BCUT2D eigenvalue weighted by Crippen LogP contribution is -2.48. The predicted octanol–water partition coefficient (Wildman–Crippen LogP) is 0.520. The van der Waals surface area contributed by atoms with Gasteiger partial charge in [-0.3, -0.25) is 19.8 Å². The van der Waals surface area contributed by atoms with Gasteiger partial charge in [0.05, 0.1) is 24.2 Å². The summed E-state index contributed by atoms with van der Waals surface area (Å²) in [6.45, 7) is 3.47. The largest absolute Gasteiger partial charge is 0.480 e. The van der Waals surface area contributed by atoms with Gasteiger partial charge in [0.1, 0.15) is 0 Å². The fourth-order valence-electron chi connectivity index (χ4n) is 2.59. The second-order valence-electron chi connectivity index (χ2n) is 5.64. The van der Waals surface area contributed by atoms with Crippen LogP contribution in [0, 0.1) is 17.0 Å². The quantitative estimate of drug-likeness (QED) is 0.596. The van der Waals surface area contributed by atoms with Crippen molar-refractivity contribution < 1.29 is 19.6 Å². The molecule has 1 fully saturated rings. The molecule has 1 aliphatic heterocycles. The predicted molar refractivity (Wildman–Crippen MR) is 82.7 cm³/mol. The number of nitro groups is 1. The van der Waals surface area contributed by atoms with Crippen molar-refractivity contribution in [2.45, 2.75) is 13.0 Å². The van der Waals surface area contributed by atoms with Crippen LogP contribution >= 0.6 is 0 Å². The van der Waals surface area contributed by atoms with Crippen molar-refractivity contribution in [1.29, 1.82) is 0 Å². The first-order valence-corrected chi connectivity index (χ1v) is 7.24. The van der Waals surface area contributed by atoms with E-state index in [4.69, 9.17) is 9.84 Å². The summed E-state index contributed by atoms with van der Waals surface area (Å²) < 4.78 is 5.63. The maximum Gasteiger partial charge on any atom is 0.317 e. The molecule has 1 N–H and O–H groups in total. The lowest BCUT2D eigenvalue weighted by atomic mass is 10.2. The molecule has 9 nitrogen and oxygen atoms in total. The van der Waals surface area contributed by atoms with Gasteiger partial charge in [-0.15, -0.1) is 0 Å². The number of nitrogens with zero attached hydrogens (tertiary/aromatic N) is 4. The zero-order chi connectivity index (χ0) is 17.0. The number of hydrogen-bond donors (Lipinski definition) is 1. The van der Waals surface area contributed by atoms with E-state index in [2.05, 4.69) is 4.98 Å². The van der Waals surface area contributed by atoms with E-state index in [-0.39, 0.29) is 18.3 Å². The summed E-state index contributed by atoms with van der Waals surface area (Å²) in [7, 11) is 1.70. The Bertz CT molecular complexity index is 595. The van der Waals surface area contributed by atoms with Gasteiger partial charge in [-0.2, -0.15) is 0 Å². The molecule has 2 heterocycles. The summed E-state index contributed by atoms with van der Waals surface area (Å²) in [4.78, 5) is 29.2. The van der Waals surface area contributed by atoms with E-state index < -0.39 is 10.9 Å². The van der Waals surface area contributed by atoms with Crippen LogP contribution in [-0.4, -0.2) is 71.8 Å². The SMILES string of the molecule is Cc1cnc(N2CCOC(CN(C)CC(=O)O)C2)c([N+](=O)[O-])c1. The van der Waals surface area contributed by atoms with Crippen LogP contribution in [0.1, 0.15) is 5.56 Å². The number of anilines is 1. The van der Waals surface area contributed by atoms with Crippen LogP contribution < -0.4 is 4.90 Å². The van der Waals surface area contributed by atoms with E-state index in [1.54, 1.807) is 25.1 Å². The molecule has 0 aromatic carbocycles. The molecule has 23 heavy (non-hydrogen) atoms. The van der Waals surface area contributed by atoms with Crippen molar-refractivity contribution in [1.82, 2.24) is 9.88 Å². The van der Waals surface area contributed by atoms with E-state index in [0.29, 0.717) is 32.1 Å². The lowest BCUT2D eigenvalue weighted by Gasteiger charge is -2.35. The Morgan fingerprint density at radius 2 is 2.39 bits per heavy atom. The van der Waals surface area contributed by atoms with Crippen LogP contribution in [0.15, 0.2) is 12.3 Å². The maximum atomic E-state index is 11.2. The van der Waals surface area contributed by atoms with E-state index >= 15 is 0 Å². The number of aromatic nitrogens is 1. The number of carbonyl (C=O) groups is 1. The summed E-state index contributed by atoms with van der Waals surface area (Å²) in [6, 6.07) is 1.50. The van der Waals surface area contributed by atoms with Crippen molar-refractivity contribution >= 4 is 17.5 Å². The van der Waals surface area contributed by atoms with Gasteiger partial charge >= 0.3 is 11.7 Å². The van der Waals surface area contributed by atoms with Gasteiger partial charge < -0.3 is 14.7 Å². The van der Waals surface area contributed by atoms with E-state index in [1.807, 2.05) is 4.90 Å². The van der Waals surface area contributed by atoms with Gasteiger partial charge in [0, 0.05) is 31.9 Å². The highest BCUT2D eigenvalue weighted by atomic mass is 16.6. The topological polar surface area (TPSA) is 109 Å². The van der Waals surface area contributed by atoms with E-state index in [9.17, 15) is 14.9 Å². The average molecular weight is 324 g/mol. The van der Waals surface area contributed by atoms with Crippen molar-refractivity contribution in [3.8, 4) is 0 Å². The van der Waals surface area contributed by atoms with Gasteiger partial charge in [0.15, 0.2) is 0 Å². The summed E-state index contributed by atoms with van der Waals surface area (Å²) in [5, 5.41) is 20.0. The number of morpholine rings is 1. The fourth-order valence-corrected chi connectivity index (χ4v) is 2.59. The number of rotatable bonds is 6. The van der Waals surface area contributed by atoms with Crippen LogP contribution in [0.4, 0.5) is 11.5 Å². The molecule has 0 aliphatic carbocycles. The Balaban J connectivity index is 2.09. The molecule has 1 saturated heterocycles. The Morgan fingerprint density at radius 3 is 3.04 bits per heavy atom. The van der Waals surface area contributed by atoms with Gasteiger partial charge in [0.2, 0.25) is 5.82 Å². The minimum absolute atomic E-state index is 0.0236. The van der Waals surface area contributed by atoms with Crippen molar-refractivity contribution in [2.75, 3.05) is 44.7 Å². The molecule has 0 amide bonds. The second kappa shape index (κ2) is 7.34. The van der Waals surface area contributed by atoms with Crippen molar-refractivity contribution in [2.24, 2.45) is 0 Å². The number of aryl methyl sites for hydroxylation is 1. The third-order valence-electron chi connectivity index (χ3n) is 3.54. The number of aliphatic carboxylic acids is 1. The third-order valence-corrected chi connectivity index (χ3v) is 3.54. The monoisotopic (exact) mass is 324 g/mol. The molecule has 0 spiro atoms. The molecule has 1 aliphatic rings. The highest BCUT2D eigenvalue weighted by molar-refractivity contribution is 5.69. The molecule has 2 rings (SSSR count).